The maximum atomic E-state index is 9.99. The van der Waals surface area contributed by atoms with Gasteiger partial charge in [-0.3, -0.25) is 0 Å². The molecule has 0 radical (unpaired) electrons. The lowest BCUT2D eigenvalue weighted by Crippen LogP contribution is -2.51. The predicted molar refractivity (Wildman–Crippen MR) is 40.3 cm³/mol. The minimum absolute atomic E-state index is 0.0267. The second-order valence-electron chi connectivity index (χ2n) is 2.54. The summed E-state index contributed by atoms with van der Waals surface area (Å²) in [5, 5.41) is 44.7. The van der Waals surface area contributed by atoms with Crippen molar-refractivity contribution in [2.24, 2.45) is 5.73 Å². The number of carbonyl (C=O) groups excluding carboxylic acids is 1. The summed E-state index contributed by atoms with van der Waals surface area (Å²) in [5.41, 5.74) is 1.47. The van der Waals surface area contributed by atoms with Crippen LogP contribution in [-0.4, -0.2) is 62.5 Å². The van der Waals surface area contributed by atoms with Crippen LogP contribution < -0.4 is 5.73 Å². The molecule has 0 aromatic rings. The van der Waals surface area contributed by atoms with E-state index in [2.05, 4.69) is 0 Å². The number of hydrogen-bond donors (Lipinski definition) is 6. The number of nitrogens with two attached hydrogens (primary N) is 1. The number of hydrogen-bond acceptors (Lipinski definition) is 7. The van der Waals surface area contributed by atoms with Crippen molar-refractivity contribution in [1.82, 2.24) is 0 Å². The van der Waals surface area contributed by atoms with E-state index in [4.69, 9.17) is 26.9 Å². The molecule has 0 aromatic heterocycles. The van der Waals surface area contributed by atoms with Gasteiger partial charge < -0.3 is 36.1 Å². The molecular formula is C6H13NO6. The Balaban J connectivity index is 4.29. The van der Waals surface area contributed by atoms with Gasteiger partial charge in [0.05, 0.1) is 0 Å². The molecule has 5 atom stereocenters. The van der Waals surface area contributed by atoms with Crippen LogP contribution in [0, 0.1) is 0 Å². The second-order valence-corrected chi connectivity index (χ2v) is 2.54. The Hall–Kier alpha value is -0.570. The number of rotatable bonds is 6. The molecule has 0 fully saturated rings. The zero-order valence-corrected chi connectivity index (χ0v) is 6.61. The Morgan fingerprint density at radius 3 is 2.00 bits per heavy atom. The highest BCUT2D eigenvalue weighted by atomic mass is 16.4. The molecule has 0 aliphatic heterocycles. The van der Waals surface area contributed by atoms with E-state index in [-0.39, 0.29) is 6.29 Å². The quantitative estimate of drug-likeness (QED) is 0.187. The summed E-state index contributed by atoms with van der Waals surface area (Å²) >= 11 is 0. The fourth-order valence-corrected chi connectivity index (χ4v) is 0.671. The van der Waals surface area contributed by atoms with Gasteiger partial charge in [-0.1, -0.05) is 0 Å². The summed E-state index contributed by atoms with van der Waals surface area (Å²) in [4.78, 5) is 9.99. The molecule has 0 bridgehead atoms. The molecule has 78 valence electrons. The first-order valence-corrected chi connectivity index (χ1v) is 3.48. The Morgan fingerprint density at radius 1 is 1.08 bits per heavy atom. The van der Waals surface area contributed by atoms with Crippen LogP contribution in [-0.2, 0) is 4.79 Å². The smallest absolute Gasteiger partial charge is 0.151 e. The molecular weight excluding hydrogens is 182 g/mol. The van der Waals surface area contributed by atoms with Gasteiger partial charge in [0.1, 0.15) is 32.1 Å². The first-order chi connectivity index (χ1) is 6.45. The molecule has 0 aliphatic rings. The topological polar surface area (TPSA) is 144 Å². The molecule has 7 heteroatoms. The van der Waals surface area contributed by atoms with Gasteiger partial charge in [-0.2, -0.15) is 0 Å². The normalized spacial score (nSPS) is 23.9. The largest absolute Gasteiger partial charge is 0.387 e. The van der Waals surface area contributed by atoms with Gasteiger partial charge >= 0.3 is 0 Å². The molecule has 1 unspecified atom stereocenters. The molecule has 0 aliphatic carbocycles. The maximum Gasteiger partial charge on any atom is 0.151 e. The van der Waals surface area contributed by atoms with Crippen molar-refractivity contribution in [2.75, 3.05) is 0 Å². The van der Waals surface area contributed by atoms with E-state index in [1.165, 1.54) is 5.73 Å². The molecule has 0 rings (SSSR count). The average Bonchev–Trinajstić information content (AvgIpc) is 2.23. The monoisotopic (exact) mass is 196 g/mol. The fraction of sp³-hybridized carbons (Fsp3) is 0.833. The first kappa shape index (κ1) is 10.5. The van der Waals surface area contributed by atoms with E-state index in [1.807, 2.05) is 0 Å². The zero-order chi connectivity index (χ0) is 11.3. The molecule has 7 nitrogen and oxygen atoms in total. The van der Waals surface area contributed by atoms with Crippen molar-refractivity contribution in [2.45, 2.75) is 30.6 Å². The van der Waals surface area contributed by atoms with Crippen LogP contribution in [0.4, 0.5) is 0 Å². The van der Waals surface area contributed by atoms with Crippen LogP contribution in [0.3, 0.4) is 0 Å². The van der Waals surface area contributed by atoms with Crippen LogP contribution in [0.15, 0.2) is 0 Å². The van der Waals surface area contributed by atoms with E-state index >= 15 is 0 Å². The van der Waals surface area contributed by atoms with E-state index in [1.54, 1.807) is 0 Å². The van der Waals surface area contributed by atoms with Crippen molar-refractivity contribution >= 4 is 6.29 Å². The summed E-state index contributed by atoms with van der Waals surface area (Å²) in [6, 6.07) is 0. The zero-order valence-electron chi connectivity index (χ0n) is 7.61. The third-order valence-electron chi connectivity index (χ3n) is 1.51. The Bertz CT molecular complexity index is 182. The summed E-state index contributed by atoms with van der Waals surface area (Å²) in [7, 11) is 0. The molecule has 0 aromatic carbocycles. The molecule has 0 saturated carbocycles. The van der Waals surface area contributed by atoms with Crippen LogP contribution >= 0.6 is 0 Å². The molecule has 0 spiro atoms. The van der Waals surface area contributed by atoms with Crippen LogP contribution in [0.25, 0.3) is 0 Å². The van der Waals surface area contributed by atoms with E-state index < -0.39 is 30.6 Å². The lowest BCUT2D eigenvalue weighted by molar-refractivity contribution is -0.143. The first-order valence-electron chi connectivity index (χ1n) is 3.98. The highest BCUT2D eigenvalue weighted by Crippen LogP contribution is 2.05. The van der Waals surface area contributed by atoms with Gasteiger partial charge in [0.2, 0.25) is 0 Å². The molecule has 13 heavy (non-hydrogen) atoms. The average molecular weight is 196 g/mol. The van der Waals surface area contributed by atoms with Crippen molar-refractivity contribution in [3.63, 3.8) is 0 Å². The van der Waals surface area contributed by atoms with E-state index in [0.717, 1.165) is 0 Å². The highest BCUT2D eigenvalue weighted by Gasteiger charge is 2.32. The molecule has 7 N–H and O–H groups in total. The number of aliphatic hydroxyl groups excluding tert-OH is 5. The van der Waals surface area contributed by atoms with Gasteiger partial charge in [0, 0.05) is 0 Å². The molecule has 0 amide bonds. The maximum absolute atomic E-state index is 9.99. The summed E-state index contributed by atoms with van der Waals surface area (Å²) in [6.45, 7) is 0. The lowest BCUT2D eigenvalue weighted by Gasteiger charge is -2.25. The summed E-state index contributed by atoms with van der Waals surface area (Å²) in [5.74, 6) is 0. The third kappa shape index (κ3) is 3.35. The number of carbonyl (C=O) groups is 1. The number of aliphatic hydroxyl groups is 5. The number of aldehydes is 1. The van der Waals surface area contributed by atoms with Gasteiger partial charge in [0.15, 0.2) is 6.29 Å². The Morgan fingerprint density at radius 2 is 1.62 bits per heavy atom. The van der Waals surface area contributed by atoms with E-state index in [0.29, 0.717) is 0 Å². The lowest BCUT2D eigenvalue weighted by atomic mass is 10.0. The SMILES string of the molecule is [2H]NC(O)[C@@H](O)[C@@H](O)[C@H](O)[C@@H](O)C=O. The standard InChI is InChI=1S/C6H13NO6/c7-6(13)5(12)4(11)3(10)2(9)1-8/h1-6,9-13H,7H2/t2-,3+,4-,5-,6?/m0/s1/i/hD. The molecule has 0 saturated heterocycles. The van der Waals surface area contributed by atoms with Crippen molar-refractivity contribution in [1.29, 1.82) is 0 Å². The third-order valence-corrected chi connectivity index (χ3v) is 1.51. The van der Waals surface area contributed by atoms with Gasteiger partial charge in [-0.05, 0) is 0 Å². The fourth-order valence-electron chi connectivity index (χ4n) is 0.671. The minimum atomic E-state index is -1.94. The van der Waals surface area contributed by atoms with Gasteiger partial charge in [-0.25, -0.2) is 0 Å². The van der Waals surface area contributed by atoms with Crippen LogP contribution in [0.5, 0.6) is 0 Å². The van der Waals surface area contributed by atoms with Crippen molar-refractivity contribution in [3.8, 4) is 0 Å². The Kier molecular flexibility index (Phi) is 4.22. The predicted octanol–water partition coefficient (Wildman–Crippen LogP) is -4.09. The van der Waals surface area contributed by atoms with Crippen molar-refractivity contribution < 1.29 is 31.7 Å². The minimum Gasteiger partial charge on any atom is -0.387 e. The van der Waals surface area contributed by atoms with Crippen molar-refractivity contribution in [3.05, 3.63) is 0 Å². The van der Waals surface area contributed by atoms with E-state index in [9.17, 15) is 4.79 Å². The highest BCUT2D eigenvalue weighted by molar-refractivity contribution is 5.56. The Labute approximate surface area is 75.5 Å². The summed E-state index contributed by atoms with van der Waals surface area (Å²) in [6.07, 6.45) is -9.44. The van der Waals surface area contributed by atoms with Gasteiger partial charge in [-0.15, -0.1) is 0 Å². The second kappa shape index (κ2) is 5.22. The summed E-state index contributed by atoms with van der Waals surface area (Å²) < 4.78 is 6.44. The molecule has 0 heterocycles. The van der Waals surface area contributed by atoms with Crippen LogP contribution in [0.2, 0.25) is 1.41 Å². The van der Waals surface area contributed by atoms with Crippen LogP contribution in [0.1, 0.15) is 0 Å². The van der Waals surface area contributed by atoms with Gasteiger partial charge in [0.25, 0.3) is 0 Å².